The number of benzene rings is 2. The number of nitrogens with one attached hydrogen (secondary N) is 1. The van der Waals surface area contributed by atoms with Gasteiger partial charge in [0.25, 0.3) is 0 Å². The molecule has 2 amide bonds. The molecule has 3 N–H and O–H groups in total. The van der Waals surface area contributed by atoms with Gasteiger partial charge in [-0.2, -0.15) is 0 Å². The van der Waals surface area contributed by atoms with Gasteiger partial charge >= 0.3 is 5.97 Å². The second-order valence-electron chi connectivity index (χ2n) is 7.70. The minimum Gasteiger partial charge on any atom is -0.504 e. The Hall–Kier alpha value is -3.39. The average Bonchev–Trinajstić information content (AvgIpc) is 3.19. The Labute approximate surface area is 173 Å². The van der Waals surface area contributed by atoms with Crippen molar-refractivity contribution in [3.8, 4) is 11.5 Å². The number of carboxylic acids is 1. The molecule has 2 aromatic rings. The number of para-hydroxylation sites is 1. The van der Waals surface area contributed by atoms with Gasteiger partial charge in [-0.15, -0.1) is 0 Å². The number of phenolic OH excluding ortho intramolecular Hbond substituents is 1. The van der Waals surface area contributed by atoms with Crippen LogP contribution in [0.15, 0.2) is 48.5 Å². The fourth-order valence-corrected chi connectivity index (χ4v) is 4.72. The number of likely N-dealkylation sites (tertiary alicyclic amines) is 1. The maximum atomic E-state index is 13.0. The molecule has 2 heterocycles. The number of imide groups is 1. The predicted octanol–water partition coefficient (Wildman–Crippen LogP) is 1.34. The van der Waals surface area contributed by atoms with Crippen LogP contribution < -0.4 is 10.1 Å². The van der Waals surface area contributed by atoms with Gasteiger partial charge in [0.1, 0.15) is 5.54 Å². The summed E-state index contributed by atoms with van der Waals surface area (Å²) in [5.41, 5.74) is -0.669. The second-order valence-corrected chi connectivity index (χ2v) is 7.70. The van der Waals surface area contributed by atoms with Gasteiger partial charge in [-0.05, 0) is 11.6 Å². The topological polar surface area (TPSA) is 116 Å². The van der Waals surface area contributed by atoms with E-state index in [0.717, 1.165) is 10.5 Å². The largest absolute Gasteiger partial charge is 0.504 e. The molecule has 30 heavy (non-hydrogen) atoms. The normalized spacial score (nSPS) is 27.9. The highest BCUT2D eigenvalue weighted by Gasteiger charge is 2.68. The molecule has 2 aliphatic heterocycles. The van der Waals surface area contributed by atoms with E-state index in [0.29, 0.717) is 5.56 Å². The smallest absolute Gasteiger partial charge is 0.325 e. The molecule has 8 heteroatoms. The Bertz CT molecular complexity index is 1020. The zero-order valence-corrected chi connectivity index (χ0v) is 16.5. The number of phenols is 1. The van der Waals surface area contributed by atoms with Crippen LogP contribution in [0.4, 0.5) is 0 Å². The van der Waals surface area contributed by atoms with Crippen LogP contribution in [0.25, 0.3) is 0 Å². The van der Waals surface area contributed by atoms with Crippen LogP contribution in [0.2, 0.25) is 0 Å². The number of nitrogens with zero attached hydrogens (tertiary/aromatic N) is 1. The van der Waals surface area contributed by atoms with E-state index < -0.39 is 41.2 Å². The Balaban J connectivity index is 1.88. The summed E-state index contributed by atoms with van der Waals surface area (Å²) >= 11 is 0. The molecule has 0 aliphatic carbocycles. The number of rotatable bonds is 5. The first kappa shape index (κ1) is 19.9. The minimum absolute atomic E-state index is 0.0123. The SMILES string of the molecule is COc1cccc([C@@H]2N[C@](Cc3ccccc3)(C(=O)O)[C@H]3C(=O)N(C)C(=O)[C@@H]23)c1O. The van der Waals surface area contributed by atoms with Gasteiger partial charge in [-0.3, -0.25) is 24.6 Å². The third-order valence-electron chi connectivity index (χ3n) is 6.17. The number of carbonyl (C=O) groups excluding carboxylic acids is 2. The molecule has 0 spiro atoms. The molecular weight excluding hydrogens is 388 g/mol. The van der Waals surface area contributed by atoms with E-state index in [1.165, 1.54) is 14.2 Å². The quantitative estimate of drug-likeness (QED) is 0.637. The van der Waals surface area contributed by atoms with E-state index in [1.54, 1.807) is 42.5 Å². The Morgan fingerprint density at radius 3 is 2.47 bits per heavy atom. The molecule has 156 valence electrons. The van der Waals surface area contributed by atoms with Crippen molar-refractivity contribution in [2.24, 2.45) is 11.8 Å². The summed E-state index contributed by atoms with van der Waals surface area (Å²) in [6.45, 7) is 0. The van der Waals surface area contributed by atoms with E-state index in [1.807, 2.05) is 6.07 Å². The molecule has 2 saturated heterocycles. The van der Waals surface area contributed by atoms with E-state index in [9.17, 15) is 24.6 Å². The van der Waals surface area contributed by atoms with Crippen molar-refractivity contribution in [3.63, 3.8) is 0 Å². The lowest BCUT2D eigenvalue weighted by Crippen LogP contribution is -2.57. The summed E-state index contributed by atoms with van der Waals surface area (Å²) in [4.78, 5) is 39.5. The lowest BCUT2D eigenvalue weighted by atomic mass is 9.76. The zero-order valence-electron chi connectivity index (χ0n) is 16.5. The minimum atomic E-state index is -1.70. The Kier molecular flexibility index (Phi) is 4.74. The Morgan fingerprint density at radius 1 is 1.13 bits per heavy atom. The third-order valence-corrected chi connectivity index (χ3v) is 6.17. The number of hydrogen-bond acceptors (Lipinski definition) is 6. The highest BCUT2D eigenvalue weighted by molar-refractivity contribution is 6.09. The molecular formula is C22H22N2O6. The molecule has 8 nitrogen and oxygen atoms in total. The summed E-state index contributed by atoms with van der Waals surface area (Å²) in [6.07, 6.45) is 0.0123. The molecule has 0 saturated carbocycles. The molecule has 2 fully saturated rings. The lowest BCUT2D eigenvalue weighted by Gasteiger charge is -2.31. The first-order valence-electron chi connectivity index (χ1n) is 9.54. The highest BCUT2D eigenvalue weighted by atomic mass is 16.5. The van der Waals surface area contributed by atoms with Crippen molar-refractivity contribution in [3.05, 3.63) is 59.7 Å². The number of ether oxygens (including phenoxy) is 1. The third kappa shape index (κ3) is 2.75. The number of methoxy groups -OCH3 is 1. The maximum absolute atomic E-state index is 13.0. The summed E-state index contributed by atoms with van der Waals surface area (Å²) in [7, 11) is 2.76. The van der Waals surface area contributed by atoms with Crippen LogP contribution in [0, 0.1) is 11.8 Å². The van der Waals surface area contributed by atoms with Crippen LogP contribution in [-0.2, 0) is 20.8 Å². The fraction of sp³-hybridized carbons (Fsp3) is 0.318. The predicted molar refractivity (Wildman–Crippen MR) is 106 cm³/mol. The van der Waals surface area contributed by atoms with Crippen LogP contribution in [-0.4, -0.2) is 52.6 Å². The van der Waals surface area contributed by atoms with Gasteiger partial charge < -0.3 is 14.9 Å². The van der Waals surface area contributed by atoms with Crippen molar-refractivity contribution in [2.75, 3.05) is 14.2 Å². The number of carboxylic acid groups (broad SMARTS) is 1. The summed E-state index contributed by atoms with van der Waals surface area (Å²) in [5.74, 6) is -4.29. The molecule has 4 atom stereocenters. The maximum Gasteiger partial charge on any atom is 0.325 e. The molecule has 0 unspecified atom stereocenters. The molecule has 0 aromatic heterocycles. The number of hydrogen-bond donors (Lipinski definition) is 3. The van der Waals surface area contributed by atoms with Crippen molar-refractivity contribution in [1.82, 2.24) is 10.2 Å². The van der Waals surface area contributed by atoms with Crippen LogP contribution >= 0.6 is 0 Å². The standard InChI is InChI=1S/C22H22N2O6/c1-24-19(26)15-16(20(24)27)22(21(28)29,11-12-7-4-3-5-8-12)23-17(15)13-9-6-10-14(30-2)18(13)25/h3-10,15-17,23,25H,11H2,1-2H3,(H,28,29)/t15-,16-,17+,22+/m1/s1. The Morgan fingerprint density at radius 2 is 1.83 bits per heavy atom. The van der Waals surface area contributed by atoms with Crippen LogP contribution in [0.5, 0.6) is 11.5 Å². The van der Waals surface area contributed by atoms with Crippen molar-refractivity contribution >= 4 is 17.8 Å². The van der Waals surface area contributed by atoms with Crippen molar-refractivity contribution < 1.29 is 29.3 Å². The van der Waals surface area contributed by atoms with Gasteiger partial charge in [-0.1, -0.05) is 42.5 Å². The van der Waals surface area contributed by atoms with Gasteiger partial charge in [0.15, 0.2) is 11.5 Å². The number of aromatic hydroxyl groups is 1. The lowest BCUT2D eigenvalue weighted by molar-refractivity contribution is -0.151. The van der Waals surface area contributed by atoms with E-state index in [-0.39, 0.29) is 17.9 Å². The molecule has 4 rings (SSSR count). The fourth-order valence-electron chi connectivity index (χ4n) is 4.72. The molecule has 2 aromatic carbocycles. The van der Waals surface area contributed by atoms with E-state index in [2.05, 4.69) is 5.32 Å². The molecule has 0 radical (unpaired) electrons. The summed E-state index contributed by atoms with van der Waals surface area (Å²) in [6, 6.07) is 12.9. The van der Waals surface area contributed by atoms with Gasteiger partial charge in [0.05, 0.1) is 18.9 Å². The van der Waals surface area contributed by atoms with Gasteiger partial charge in [0.2, 0.25) is 11.8 Å². The van der Waals surface area contributed by atoms with E-state index in [4.69, 9.17) is 4.74 Å². The van der Waals surface area contributed by atoms with Crippen LogP contribution in [0.3, 0.4) is 0 Å². The first-order valence-corrected chi connectivity index (χ1v) is 9.54. The summed E-state index contributed by atoms with van der Waals surface area (Å²) in [5, 5.41) is 24.0. The second kappa shape index (κ2) is 7.14. The number of aliphatic carboxylic acids is 1. The van der Waals surface area contributed by atoms with Gasteiger partial charge in [-0.25, -0.2) is 0 Å². The molecule has 0 bridgehead atoms. The van der Waals surface area contributed by atoms with Crippen LogP contribution in [0.1, 0.15) is 17.2 Å². The van der Waals surface area contributed by atoms with Gasteiger partial charge in [0, 0.05) is 25.1 Å². The first-order chi connectivity index (χ1) is 14.3. The van der Waals surface area contributed by atoms with Crippen molar-refractivity contribution in [2.45, 2.75) is 18.0 Å². The average molecular weight is 410 g/mol. The summed E-state index contributed by atoms with van der Waals surface area (Å²) < 4.78 is 5.16. The highest BCUT2D eigenvalue weighted by Crippen LogP contribution is 2.51. The zero-order chi connectivity index (χ0) is 21.6. The number of fused-ring (bicyclic) bond motifs is 1. The monoisotopic (exact) mass is 410 g/mol. The number of carbonyl (C=O) groups is 3. The number of amides is 2. The molecule has 2 aliphatic rings. The van der Waals surface area contributed by atoms with E-state index >= 15 is 0 Å². The van der Waals surface area contributed by atoms with Crippen molar-refractivity contribution in [1.29, 1.82) is 0 Å².